The molecule has 2 N–H and O–H groups in total. The Morgan fingerprint density at radius 2 is 0.933 bits per heavy atom. The molecular weight excluding hydrogens is 917 g/mol. The summed E-state index contributed by atoms with van der Waals surface area (Å²) in [5.74, 6) is 0.853. The summed E-state index contributed by atoms with van der Waals surface area (Å²) in [6, 6.07) is 90.6. The number of hydrogen-bond donors (Lipinski definition) is 2. The summed E-state index contributed by atoms with van der Waals surface area (Å²) in [7, 11) is 0. The largest absolute Gasteiger partial charge is 0.456 e. The molecule has 1 aliphatic rings. The molecule has 14 aromatic rings. The Morgan fingerprint density at radius 3 is 1.72 bits per heavy atom. The molecule has 0 radical (unpaired) electrons. The molecule has 2 atom stereocenters. The van der Waals surface area contributed by atoms with Gasteiger partial charge in [-0.3, -0.25) is 5.32 Å². The molecule has 0 amide bonds. The van der Waals surface area contributed by atoms with E-state index in [4.69, 9.17) is 13.8 Å². The zero-order valence-electron chi connectivity index (χ0n) is 40.6. The van der Waals surface area contributed by atoms with Crippen molar-refractivity contribution in [2.75, 3.05) is 0 Å². The maximum atomic E-state index is 6.98. The van der Waals surface area contributed by atoms with Gasteiger partial charge in [0.15, 0.2) is 0 Å². The van der Waals surface area contributed by atoms with E-state index in [0.29, 0.717) is 0 Å². The second-order valence-corrected chi connectivity index (χ2v) is 19.5. The van der Waals surface area contributed by atoms with Crippen LogP contribution in [0.3, 0.4) is 0 Å². The Morgan fingerprint density at radius 1 is 0.360 bits per heavy atom. The van der Waals surface area contributed by atoms with Crippen molar-refractivity contribution >= 4 is 71.5 Å². The van der Waals surface area contributed by atoms with E-state index in [-0.39, 0.29) is 12.3 Å². The van der Waals surface area contributed by atoms with Gasteiger partial charge in [0, 0.05) is 43.6 Å². The second kappa shape index (κ2) is 17.5. The normalized spacial score (nSPS) is 14.8. The molecule has 15 rings (SSSR count). The van der Waals surface area contributed by atoms with E-state index in [0.717, 1.165) is 117 Å². The molecule has 354 valence electrons. The number of nitrogens with one attached hydrogen (secondary N) is 2. The maximum absolute atomic E-state index is 6.98. The zero-order chi connectivity index (χ0) is 49.4. The highest BCUT2D eigenvalue weighted by Crippen LogP contribution is 2.47. The number of para-hydroxylation sites is 3. The third-order valence-corrected chi connectivity index (χ3v) is 15.1. The van der Waals surface area contributed by atoms with E-state index in [2.05, 4.69) is 252 Å². The number of furan rings is 2. The van der Waals surface area contributed by atoms with E-state index >= 15 is 0 Å². The number of hydrogen-bond acceptors (Lipinski definition) is 5. The molecule has 2 unspecified atom stereocenters. The van der Waals surface area contributed by atoms with Crippen molar-refractivity contribution in [3.8, 4) is 50.2 Å². The Balaban J connectivity index is 0.882. The van der Waals surface area contributed by atoms with E-state index < -0.39 is 0 Å². The van der Waals surface area contributed by atoms with Crippen molar-refractivity contribution in [2.45, 2.75) is 12.3 Å². The summed E-state index contributed by atoms with van der Waals surface area (Å²) in [6.45, 7) is 0. The SMILES string of the molecule is c1ccc(C2=NC(c3ccccc3)NC(c3cccc(-c4ccc(-c5cccc(-c6ccc7oc8ccccc8c7c6-n6c7ccccc7c7cc(-c8ccccc8)ccc76)c5)c5oc6ccccc6c45)c3)N2)cc1. The predicted octanol–water partition coefficient (Wildman–Crippen LogP) is 17.6. The standard InChI is InChI=1S/C69H46N4O2/c1-4-18-43(19-5-1)46-34-38-59-57(42-46)54-28-10-13-31-58(54)73(59)65-52(37-39-62-64(65)56-30-12-14-32-60(56)74-62)48-25-16-26-49(40-48)53-36-35-51(63-55-29-11-15-33-61(55)75-66(53)63)47-24-17-27-50(41-47)69-71-67(44-20-6-2-7-21-44)70-68(72-69)45-22-8-3-9-23-45/h1-42,67,69,71H,(H,70,72). The van der Waals surface area contributed by atoms with E-state index in [9.17, 15) is 0 Å². The Hall–Kier alpha value is -9.75. The van der Waals surface area contributed by atoms with Crippen LogP contribution in [0.4, 0.5) is 0 Å². The van der Waals surface area contributed by atoms with Crippen LogP contribution in [0.1, 0.15) is 29.0 Å². The maximum Gasteiger partial charge on any atom is 0.143 e. The molecule has 11 aromatic carbocycles. The molecule has 1 aliphatic heterocycles. The second-order valence-electron chi connectivity index (χ2n) is 19.5. The summed E-state index contributed by atoms with van der Waals surface area (Å²) in [4.78, 5) is 5.16. The minimum Gasteiger partial charge on any atom is -0.456 e. The van der Waals surface area contributed by atoms with Crippen LogP contribution in [0.25, 0.3) is 116 Å². The van der Waals surface area contributed by atoms with Crippen molar-refractivity contribution in [3.63, 3.8) is 0 Å². The highest BCUT2D eigenvalue weighted by molar-refractivity contribution is 6.18. The number of benzene rings is 11. The summed E-state index contributed by atoms with van der Waals surface area (Å²) >= 11 is 0. The van der Waals surface area contributed by atoms with Gasteiger partial charge in [-0.05, 0) is 105 Å². The molecular formula is C69H46N4O2. The Labute approximate surface area is 432 Å². The van der Waals surface area contributed by atoms with E-state index in [1.54, 1.807) is 0 Å². The van der Waals surface area contributed by atoms with Gasteiger partial charge in [0.25, 0.3) is 0 Å². The van der Waals surface area contributed by atoms with Crippen LogP contribution < -0.4 is 10.6 Å². The lowest BCUT2D eigenvalue weighted by molar-refractivity contribution is 0.409. The Bertz CT molecular complexity index is 4550. The molecule has 3 aromatic heterocycles. The van der Waals surface area contributed by atoms with Crippen LogP contribution in [0, 0.1) is 0 Å². The van der Waals surface area contributed by atoms with Crippen molar-refractivity contribution in [1.82, 2.24) is 15.2 Å². The van der Waals surface area contributed by atoms with Crippen molar-refractivity contribution in [1.29, 1.82) is 0 Å². The first kappa shape index (κ1) is 42.9. The van der Waals surface area contributed by atoms with Crippen LogP contribution in [-0.4, -0.2) is 10.4 Å². The zero-order valence-corrected chi connectivity index (χ0v) is 40.6. The number of fused-ring (bicyclic) bond motifs is 9. The number of aliphatic imine (C=N–C) groups is 1. The first-order valence-electron chi connectivity index (χ1n) is 25.6. The van der Waals surface area contributed by atoms with Gasteiger partial charge in [0.1, 0.15) is 40.5 Å². The lowest BCUT2D eigenvalue weighted by atomic mass is 9.92. The molecule has 0 bridgehead atoms. The third-order valence-electron chi connectivity index (χ3n) is 15.1. The van der Waals surface area contributed by atoms with Gasteiger partial charge in [-0.2, -0.15) is 0 Å². The Kier molecular flexibility index (Phi) is 10.00. The van der Waals surface area contributed by atoms with Gasteiger partial charge in [0.05, 0.1) is 22.1 Å². The fraction of sp³-hybridized carbons (Fsp3) is 0.0290. The number of rotatable bonds is 8. The number of amidine groups is 1. The molecule has 4 heterocycles. The van der Waals surface area contributed by atoms with E-state index in [1.165, 1.54) is 21.9 Å². The van der Waals surface area contributed by atoms with Crippen LogP contribution in [0.15, 0.2) is 269 Å². The molecule has 0 saturated heterocycles. The smallest absolute Gasteiger partial charge is 0.143 e. The number of nitrogens with zero attached hydrogens (tertiary/aromatic N) is 2. The minimum atomic E-state index is -0.233. The van der Waals surface area contributed by atoms with E-state index in [1.807, 2.05) is 18.2 Å². The summed E-state index contributed by atoms with van der Waals surface area (Å²) in [6.07, 6.45) is -0.442. The average Bonchev–Trinajstić information content (AvgIpc) is 4.24. The fourth-order valence-corrected chi connectivity index (χ4v) is 11.6. The number of aromatic nitrogens is 1. The predicted molar refractivity (Wildman–Crippen MR) is 308 cm³/mol. The van der Waals surface area contributed by atoms with Crippen LogP contribution >= 0.6 is 0 Å². The van der Waals surface area contributed by atoms with Crippen LogP contribution in [0.5, 0.6) is 0 Å². The average molecular weight is 963 g/mol. The summed E-state index contributed by atoms with van der Waals surface area (Å²) < 4.78 is 16.1. The lowest BCUT2D eigenvalue weighted by Crippen LogP contribution is -2.44. The van der Waals surface area contributed by atoms with Gasteiger partial charge in [-0.1, -0.05) is 194 Å². The molecule has 0 aliphatic carbocycles. The van der Waals surface area contributed by atoms with Gasteiger partial charge in [-0.25, -0.2) is 4.99 Å². The quantitative estimate of drug-likeness (QED) is 0.159. The summed E-state index contributed by atoms with van der Waals surface area (Å²) in [5, 5.41) is 14.2. The first-order valence-corrected chi connectivity index (χ1v) is 25.6. The topological polar surface area (TPSA) is 67.6 Å². The van der Waals surface area contributed by atoms with Crippen LogP contribution in [-0.2, 0) is 0 Å². The highest BCUT2D eigenvalue weighted by atomic mass is 16.3. The molecule has 0 spiro atoms. The lowest BCUT2D eigenvalue weighted by Gasteiger charge is -2.32. The third kappa shape index (κ3) is 7.18. The van der Waals surface area contributed by atoms with Gasteiger partial charge in [-0.15, -0.1) is 0 Å². The highest BCUT2D eigenvalue weighted by Gasteiger charge is 2.27. The first-order chi connectivity index (χ1) is 37.2. The minimum absolute atomic E-state index is 0.208. The molecule has 6 heteroatoms. The van der Waals surface area contributed by atoms with Crippen molar-refractivity contribution < 1.29 is 8.83 Å². The van der Waals surface area contributed by atoms with Gasteiger partial charge in [0.2, 0.25) is 0 Å². The van der Waals surface area contributed by atoms with Gasteiger partial charge >= 0.3 is 0 Å². The molecule has 0 saturated carbocycles. The van der Waals surface area contributed by atoms with Gasteiger partial charge < -0.3 is 18.7 Å². The van der Waals surface area contributed by atoms with Crippen LogP contribution in [0.2, 0.25) is 0 Å². The van der Waals surface area contributed by atoms with Crippen molar-refractivity contribution in [3.05, 3.63) is 271 Å². The van der Waals surface area contributed by atoms with Crippen molar-refractivity contribution in [2.24, 2.45) is 4.99 Å². The molecule has 6 nitrogen and oxygen atoms in total. The fourth-order valence-electron chi connectivity index (χ4n) is 11.6. The monoisotopic (exact) mass is 962 g/mol. The molecule has 0 fully saturated rings. The molecule has 75 heavy (non-hydrogen) atoms. The summed E-state index contributed by atoms with van der Waals surface area (Å²) in [5.41, 5.74) is 18.8.